The number of rotatable bonds is 3. The van der Waals surface area contributed by atoms with Crippen molar-refractivity contribution in [2.75, 3.05) is 13.1 Å². The minimum Gasteiger partial charge on any atom is -0.444 e. The summed E-state index contributed by atoms with van der Waals surface area (Å²) in [5.74, 6) is 0. The number of fused-ring (bicyclic) bond motifs is 1. The standard InChI is InChI=1S/C19H24F3N3O4S/c1-18(2,3)29-17(26)25-9-7-12(8-10-25)24-30(27,28)15-11-23-14-6-4-5-13(16(14)15)19(20,21)22/h4-6,11-12,23-24H,7-10H2,1-3H3. The number of nitrogens with zero attached hydrogens (tertiary/aromatic N) is 1. The van der Waals surface area contributed by atoms with Crippen molar-refractivity contribution < 1.29 is 31.1 Å². The number of aromatic nitrogens is 1. The lowest BCUT2D eigenvalue weighted by molar-refractivity contribution is -0.136. The molecule has 1 aliphatic heterocycles. The van der Waals surface area contributed by atoms with Gasteiger partial charge < -0.3 is 14.6 Å². The van der Waals surface area contributed by atoms with Crippen LogP contribution in [0.25, 0.3) is 10.9 Å². The van der Waals surface area contributed by atoms with Gasteiger partial charge in [0.05, 0.1) is 5.56 Å². The molecular weight excluding hydrogens is 423 g/mol. The number of halogens is 3. The molecule has 0 bridgehead atoms. The minimum absolute atomic E-state index is 0.0879. The van der Waals surface area contributed by atoms with Gasteiger partial charge in [-0.3, -0.25) is 0 Å². The molecule has 0 aliphatic carbocycles. The molecule has 0 radical (unpaired) electrons. The zero-order chi connectivity index (χ0) is 22.3. The Morgan fingerprint density at radius 1 is 1.20 bits per heavy atom. The summed E-state index contributed by atoms with van der Waals surface area (Å²) in [4.78, 5) is 15.8. The average Bonchev–Trinajstić information content (AvgIpc) is 3.04. The average molecular weight is 447 g/mol. The van der Waals surface area contributed by atoms with Gasteiger partial charge in [0.25, 0.3) is 0 Å². The molecule has 1 fully saturated rings. The molecule has 0 atom stereocenters. The molecule has 2 aromatic rings. The highest BCUT2D eigenvalue weighted by Crippen LogP contribution is 2.37. The van der Waals surface area contributed by atoms with E-state index in [-0.39, 0.29) is 24.0 Å². The van der Waals surface area contributed by atoms with Gasteiger partial charge in [-0.15, -0.1) is 0 Å². The number of H-pyrrole nitrogens is 1. The number of amides is 1. The van der Waals surface area contributed by atoms with E-state index < -0.39 is 44.4 Å². The number of likely N-dealkylation sites (tertiary alicyclic amines) is 1. The van der Waals surface area contributed by atoms with Gasteiger partial charge in [-0.25, -0.2) is 17.9 Å². The van der Waals surface area contributed by atoms with Crippen LogP contribution in [0.4, 0.5) is 18.0 Å². The highest BCUT2D eigenvalue weighted by Gasteiger charge is 2.36. The molecule has 0 unspecified atom stereocenters. The molecule has 0 saturated carbocycles. The van der Waals surface area contributed by atoms with Crippen molar-refractivity contribution in [1.82, 2.24) is 14.6 Å². The van der Waals surface area contributed by atoms with Gasteiger partial charge in [0.15, 0.2) is 0 Å². The molecule has 0 spiro atoms. The number of aromatic amines is 1. The summed E-state index contributed by atoms with van der Waals surface area (Å²) in [6.45, 7) is 5.82. The normalized spacial score (nSPS) is 16.8. The molecule has 2 heterocycles. The third-order valence-electron chi connectivity index (χ3n) is 4.73. The topological polar surface area (TPSA) is 91.5 Å². The van der Waals surface area contributed by atoms with E-state index in [1.807, 2.05) is 0 Å². The first-order chi connectivity index (χ1) is 13.8. The van der Waals surface area contributed by atoms with Gasteiger partial charge in [-0.1, -0.05) is 6.07 Å². The van der Waals surface area contributed by atoms with Crippen LogP contribution >= 0.6 is 0 Å². The predicted octanol–water partition coefficient (Wildman–Crippen LogP) is 3.86. The SMILES string of the molecule is CC(C)(C)OC(=O)N1CCC(NS(=O)(=O)c2c[nH]c3cccc(C(F)(F)F)c23)CC1. The number of piperidine rings is 1. The number of benzene rings is 1. The Bertz CT molecular complexity index is 1030. The largest absolute Gasteiger partial charge is 0.444 e. The molecule has 1 aromatic carbocycles. The summed E-state index contributed by atoms with van der Waals surface area (Å²) in [6, 6.07) is 2.96. The van der Waals surface area contributed by atoms with Crippen LogP contribution in [0.3, 0.4) is 0 Å². The molecule has 1 saturated heterocycles. The highest BCUT2D eigenvalue weighted by molar-refractivity contribution is 7.89. The highest BCUT2D eigenvalue weighted by atomic mass is 32.2. The van der Waals surface area contributed by atoms with Crippen LogP contribution in [0, 0.1) is 0 Å². The number of carbonyl (C=O) groups excluding carboxylic acids is 1. The molecule has 3 rings (SSSR count). The number of ether oxygens (including phenoxy) is 1. The molecule has 166 valence electrons. The Kier molecular flexibility index (Phi) is 5.80. The van der Waals surface area contributed by atoms with E-state index in [1.165, 1.54) is 17.0 Å². The van der Waals surface area contributed by atoms with Crippen molar-refractivity contribution in [3.8, 4) is 0 Å². The van der Waals surface area contributed by atoms with Crippen molar-refractivity contribution in [3.05, 3.63) is 30.0 Å². The van der Waals surface area contributed by atoms with Crippen molar-refractivity contribution in [2.45, 2.75) is 56.3 Å². The van der Waals surface area contributed by atoms with Crippen LogP contribution in [0.2, 0.25) is 0 Å². The van der Waals surface area contributed by atoms with Gasteiger partial charge in [0.1, 0.15) is 10.5 Å². The van der Waals surface area contributed by atoms with Crippen LogP contribution in [-0.2, 0) is 20.9 Å². The molecule has 1 aliphatic rings. The van der Waals surface area contributed by atoms with E-state index in [9.17, 15) is 26.4 Å². The number of hydrogen-bond acceptors (Lipinski definition) is 4. The summed E-state index contributed by atoms with van der Waals surface area (Å²) < 4.78 is 73.6. The summed E-state index contributed by atoms with van der Waals surface area (Å²) >= 11 is 0. The number of carbonyl (C=O) groups is 1. The maximum atomic E-state index is 13.4. The lowest BCUT2D eigenvalue weighted by atomic mass is 10.1. The monoisotopic (exact) mass is 447 g/mol. The zero-order valence-electron chi connectivity index (χ0n) is 16.8. The maximum absolute atomic E-state index is 13.4. The van der Waals surface area contributed by atoms with E-state index in [4.69, 9.17) is 4.74 Å². The second kappa shape index (κ2) is 7.77. The predicted molar refractivity (Wildman–Crippen MR) is 104 cm³/mol. The van der Waals surface area contributed by atoms with Crippen molar-refractivity contribution in [1.29, 1.82) is 0 Å². The summed E-state index contributed by atoms with van der Waals surface area (Å²) in [5, 5.41) is -0.385. The fraction of sp³-hybridized carbons (Fsp3) is 0.526. The van der Waals surface area contributed by atoms with Gasteiger partial charge in [-0.2, -0.15) is 13.2 Å². The van der Waals surface area contributed by atoms with E-state index in [0.717, 1.165) is 12.3 Å². The summed E-state index contributed by atoms with van der Waals surface area (Å²) in [5.41, 5.74) is -1.56. The Hall–Kier alpha value is -2.27. The van der Waals surface area contributed by atoms with Crippen LogP contribution in [0.5, 0.6) is 0 Å². The Balaban J connectivity index is 1.75. The molecule has 2 N–H and O–H groups in total. The third kappa shape index (κ3) is 4.89. The zero-order valence-corrected chi connectivity index (χ0v) is 17.7. The molecule has 1 amide bonds. The minimum atomic E-state index is -4.69. The molecular formula is C19H24F3N3O4S. The Morgan fingerprint density at radius 3 is 2.40 bits per heavy atom. The van der Waals surface area contributed by atoms with Crippen molar-refractivity contribution >= 4 is 27.0 Å². The van der Waals surface area contributed by atoms with Crippen LogP contribution < -0.4 is 4.72 Å². The molecule has 30 heavy (non-hydrogen) atoms. The quantitative estimate of drug-likeness (QED) is 0.747. The van der Waals surface area contributed by atoms with Crippen molar-refractivity contribution in [3.63, 3.8) is 0 Å². The van der Waals surface area contributed by atoms with E-state index in [2.05, 4.69) is 9.71 Å². The number of nitrogens with one attached hydrogen (secondary N) is 2. The molecule has 11 heteroatoms. The maximum Gasteiger partial charge on any atom is 0.417 e. The lowest BCUT2D eigenvalue weighted by Crippen LogP contribution is -2.47. The van der Waals surface area contributed by atoms with Gasteiger partial charge >= 0.3 is 12.3 Å². The number of hydrogen-bond donors (Lipinski definition) is 2. The third-order valence-corrected chi connectivity index (χ3v) is 6.28. The van der Waals surface area contributed by atoms with Crippen LogP contribution in [0.15, 0.2) is 29.3 Å². The first kappa shape index (κ1) is 22.4. The van der Waals surface area contributed by atoms with E-state index in [1.54, 1.807) is 20.8 Å². The first-order valence-electron chi connectivity index (χ1n) is 9.45. The second-order valence-electron chi connectivity index (χ2n) is 8.24. The van der Waals surface area contributed by atoms with Crippen LogP contribution in [0.1, 0.15) is 39.2 Å². The fourth-order valence-electron chi connectivity index (χ4n) is 3.39. The van der Waals surface area contributed by atoms with E-state index in [0.29, 0.717) is 12.8 Å². The molecule has 7 nitrogen and oxygen atoms in total. The van der Waals surface area contributed by atoms with Crippen LogP contribution in [-0.4, -0.2) is 49.1 Å². The van der Waals surface area contributed by atoms with E-state index >= 15 is 0 Å². The summed E-state index contributed by atoms with van der Waals surface area (Å²) in [6.07, 6.45) is -3.45. The second-order valence-corrected chi connectivity index (χ2v) is 9.92. The first-order valence-corrected chi connectivity index (χ1v) is 10.9. The van der Waals surface area contributed by atoms with Gasteiger partial charge in [-0.05, 0) is 45.7 Å². The van der Waals surface area contributed by atoms with Gasteiger partial charge in [0, 0.05) is 36.2 Å². The number of alkyl halides is 3. The smallest absolute Gasteiger partial charge is 0.417 e. The van der Waals surface area contributed by atoms with Crippen molar-refractivity contribution in [2.24, 2.45) is 0 Å². The summed E-state index contributed by atoms with van der Waals surface area (Å²) in [7, 11) is -4.21. The van der Waals surface area contributed by atoms with Gasteiger partial charge in [0.2, 0.25) is 10.0 Å². The fourth-order valence-corrected chi connectivity index (χ4v) is 4.90. The molecule has 1 aromatic heterocycles. The number of sulfonamides is 1. The Labute approximate surface area is 172 Å². The lowest BCUT2D eigenvalue weighted by Gasteiger charge is -2.33. The Morgan fingerprint density at radius 2 is 1.83 bits per heavy atom.